The van der Waals surface area contributed by atoms with Crippen LogP contribution in [0.1, 0.15) is 6.42 Å². The molecule has 0 unspecified atom stereocenters. The fourth-order valence-corrected chi connectivity index (χ4v) is 2.19. The summed E-state index contributed by atoms with van der Waals surface area (Å²) >= 11 is 3.19. The number of pyridine rings is 1. The molecule has 5 nitrogen and oxygen atoms in total. The zero-order valence-corrected chi connectivity index (χ0v) is 10.3. The van der Waals surface area contributed by atoms with Crippen molar-refractivity contribution in [3.05, 3.63) is 22.8 Å². The number of halogens is 1. The van der Waals surface area contributed by atoms with E-state index < -0.39 is 10.0 Å². The molecule has 0 aliphatic heterocycles. The van der Waals surface area contributed by atoms with Gasteiger partial charge in [-0.05, 0) is 34.5 Å². The fourth-order valence-electron chi connectivity index (χ4n) is 0.901. The van der Waals surface area contributed by atoms with E-state index in [-0.39, 0.29) is 24.6 Å². The first-order chi connectivity index (χ1) is 7.03. The molecule has 0 aromatic carbocycles. The molecule has 15 heavy (non-hydrogen) atoms. The third kappa shape index (κ3) is 4.59. The summed E-state index contributed by atoms with van der Waals surface area (Å²) in [7, 11) is -3.40. The Morgan fingerprint density at radius 3 is 2.73 bits per heavy atom. The Hall–Kier alpha value is -0.660. The molecular formula is C8H11BrN2O3S. The van der Waals surface area contributed by atoms with Crippen LogP contribution in [-0.2, 0) is 10.0 Å². The Morgan fingerprint density at radius 1 is 1.47 bits per heavy atom. The van der Waals surface area contributed by atoms with Crippen molar-refractivity contribution in [1.29, 1.82) is 0 Å². The smallest absolute Gasteiger partial charge is 0.233 e. The lowest BCUT2D eigenvalue weighted by molar-refractivity contribution is 0.295. The first-order valence-corrected chi connectivity index (χ1v) is 6.71. The molecule has 1 rings (SSSR count). The maximum atomic E-state index is 11.4. The third-order valence-electron chi connectivity index (χ3n) is 1.56. The van der Waals surface area contributed by atoms with Gasteiger partial charge in [-0.25, -0.2) is 13.4 Å². The molecule has 0 bridgehead atoms. The maximum Gasteiger partial charge on any atom is 0.233 e. The van der Waals surface area contributed by atoms with Gasteiger partial charge >= 0.3 is 0 Å². The molecule has 84 valence electrons. The minimum atomic E-state index is -3.40. The predicted molar refractivity (Wildman–Crippen MR) is 61.0 cm³/mol. The van der Waals surface area contributed by atoms with Gasteiger partial charge in [-0.1, -0.05) is 0 Å². The molecule has 1 aromatic heterocycles. The highest BCUT2D eigenvalue weighted by Crippen LogP contribution is 2.11. The van der Waals surface area contributed by atoms with Crippen LogP contribution < -0.4 is 4.72 Å². The van der Waals surface area contributed by atoms with Gasteiger partial charge in [-0.2, -0.15) is 0 Å². The molecule has 0 radical (unpaired) electrons. The number of anilines is 1. The fraction of sp³-hybridized carbons (Fsp3) is 0.375. The van der Waals surface area contributed by atoms with E-state index in [1.165, 1.54) is 6.20 Å². The number of aromatic nitrogens is 1. The summed E-state index contributed by atoms with van der Waals surface area (Å²) in [4.78, 5) is 3.87. The highest BCUT2D eigenvalue weighted by atomic mass is 79.9. The molecule has 2 N–H and O–H groups in total. The van der Waals surface area contributed by atoms with E-state index in [2.05, 4.69) is 25.6 Å². The number of hydrogen-bond donors (Lipinski definition) is 2. The summed E-state index contributed by atoms with van der Waals surface area (Å²) in [6, 6.07) is 3.25. The standard InChI is InChI=1S/C8H11BrN2O3S/c9-7-2-3-8(10-6-7)11-15(13,14)5-1-4-12/h2-3,6,12H,1,4-5H2,(H,10,11). The van der Waals surface area contributed by atoms with Crippen molar-refractivity contribution in [3.8, 4) is 0 Å². The number of hydrogen-bond acceptors (Lipinski definition) is 4. The topological polar surface area (TPSA) is 79.3 Å². The van der Waals surface area contributed by atoms with E-state index in [0.717, 1.165) is 4.47 Å². The lowest BCUT2D eigenvalue weighted by Gasteiger charge is -2.05. The number of nitrogens with one attached hydrogen (secondary N) is 1. The summed E-state index contributed by atoms with van der Waals surface area (Å²) < 4.78 is 25.8. The second-order valence-corrected chi connectivity index (χ2v) is 5.62. The molecule has 0 aliphatic carbocycles. The number of nitrogens with zero attached hydrogens (tertiary/aromatic N) is 1. The SMILES string of the molecule is O=S(=O)(CCCO)Nc1ccc(Br)cn1. The van der Waals surface area contributed by atoms with E-state index in [9.17, 15) is 8.42 Å². The van der Waals surface area contributed by atoms with Gasteiger partial charge in [-0.15, -0.1) is 0 Å². The van der Waals surface area contributed by atoms with Gasteiger partial charge in [0.1, 0.15) is 5.82 Å². The normalized spacial score (nSPS) is 11.3. The van der Waals surface area contributed by atoms with Crippen LogP contribution >= 0.6 is 15.9 Å². The van der Waals surface area contributed by atoms with Gasteiger partial charge in [0.15, 0.2) is 0 Å². The van der Waals surface area contributed by atoms with E-state index in [1.54, 1.807) is 12.1 Å². The second kappa shape index (κ2) is 5.43. The Kier molecular flexibility index (Phi) is 4.49. The van der Waals surface area contributed by atoms with Crippen LogP contribution in [0.4, 0.5) is 5.82 Å². The van der Waals surface area contributed by atoms with E-state index >= 15 is 0 Å². The van der Waals surface area contributed by atoms with Crippen molar-refractivity contribution >= 4 is 31.8 Å². The number of sulfonamides is 1. The number of aliphatic hydroxyl groups excluding tert-OH is 1. The average molecular weight is 295 g/mol. The molecule has 0 spiro atoms. The average Bonchev–Trinajstić information content (AvgIpc) is 2.18. The highest BCUT2D eigenvalue weighted by molar-refractivity contribution is 9.10. The quantitative estimate of drug-likeness (QED) is 0.848. The molecule has 0 aliphatic rings. The molecule has 1 aromatic rings. The Balaban J connectivity index is 2.65. The van der Waals surface area contributed by atoms with Gasteiger partial charge < -0.3 is 5.11 Å². The van der Waals surface area contributed by atoms with Crippen molar-refractivity contribution < 1.29 is 13.5 Å². The third-order valence-corrected chi connectivity index (χ3v) is 3.37. The monoisotopic (exact) mass is 294 g/mol. The van der Waals surface area contributed by atoms with Gasteiger partial charge in [0, 0.05) is 17.3 Å². The second-order valence-electron chi connectivity index (χ2n) is 2.86. The van der Waals surface area contributed by atoms with Crippen LogP contribution in [0.25, 0.3) is 0 Å². The minimum absolute atomic E-state index is 0.110. The minimum Gasteiger partial charge on any atom is -0.396 e. The van der Waals surface area contributed by atoms with E-state index in [1.807, 2.05) is 0 Å². The molecular weight excluding hydrogens is 284 g/mol. The predicted octanol–water partition coefficient (Wildman–Crippen LogP) is 0.968. The molecule has 0 saturated carbocycles. The molecule has 1 heterocycles. The zero-order valence-electron chi connectivity index (χ0n) is 7.85. The Bertz CT molecular complexity index is 404. The maximum absolute atomic E-state index is 11.4. The van der Waals surface area contributed by atoms with Crippen molar-refractivity contribution in [3.63, 3.8) is 0 Å². The van der Waals surface area contributed by atoms with Gasteiger partial charge in [0.25, 0.3) is 0 Å². The molecule has 0 atom stereocenters. The van der Waals surface area contributed by atoms with Crippen LogP contribution in [0.3, 0.4) is 0 Å². The van der Waals surface area contributed by atoms with Gasteiger partial charge in [-0.3, -0.25) is 4.72 Å². The lowest BCUT2D eigenvalue weighted by atomic mass is 10.5. The molecule has 0 fully saturated rings. The summed E-state index contributed by atoms with van der Waals surface area (Å²) in [6.45, 7) is -0.144. The number of aliphatic hydroxyl groups is 1. The van der Waals surface area contributed by atoms with Crippen molar-refractivity contribution in [2.24, 2.45) is 0 Å². The van der Waals surface area contributed by atoms with Crippen LogP contribution in [0.15, 0.2) is 22.8 Å². The highest BCUT2D eigenvalue weighted by Gasteiger charge is 2.09. The largest absolute Gasteiger partial charge is 0.396 e. The van der Waals surface area contributed by atoms with Crippen molar-refractivity contribution in [1.82, 2.24) is 4.98 Å². The van der Waals surface area contributed by atoms with Crippen LogP contribution in [-0.4, -0.2) is 30.9 Å². The van der Waals surface area contributed by atoms with E-state index in [0.29, 0.717) is 0 Å². The zero-order chi connectivity index (χ0) is 11.3. The van der Waals surface area contributed by atoms with E-state index in [4.69, 9.17) is 5.11 Å². The van der Waals surface area contributed by atoms with Crippen molar-refractivity contribution in [2.75, 3.05) is 17.1 Å². The molecule has 0 amide bonds. The first kappa shape index (κ1) is 12.4. The first-order valence-electron chi connectivity index (χ1n) is 4.26. The van der Waals surface area contributed by atoms with Crippen LogP contribution in [0.5, 0.6) is 0 Å². The van der Waals surface area contributed by atoms with Crippen molar-refractivity contribution in [2.45, 2.75) is 6.42 Å². The molecule has 7 heteroatoms. The van der Waals surface area contributed by atoms with Gasteiger partial charge in [0.2, 0.25) is 10.0 Å². The Morgan fingerprint density at radius 2 is 2.20 bits per heavy atom. The molecule has 0 saturated heterocycles. The summed E-state index contributed by atoms with van der Waals surface area (Å²) in [5, 5.41) is 8.52. The van der Waals surface area contributed by atoms with Gasteiger partial charge in [0.05, 0.1) is 5.75 Å². The summed E-state index contributed by atoms with van der Waals surface area (Å²) in [6.07, 6.45) is 1.72. The summed E-state index contributed by atoms with van der Waals surface area (Å²) in [5.41, 5.74) is 0. The Labute approximate surface area is 96.7 Å². The van der Waals surface area contributed by atoms with Crippen LogP contribution in [0.2, 0.25) is 0 Å². The summed E-state index contributed by atoms with van der Waals surface area (Å²) in [5.74, 6) is 0.164. The number of rotatable bonds is 5. The lowest BCUT2D eigenvalue weighted by Crippen LogP contribution is -2.18. The van der Waals surface area contributed by atoms with Crippen LogP contribution in [0, 0.1) is 0 Å².